The van der Waals surface area contributed by atoms with Gasteiger partial charge in [0.2, 0.25) is 0 Å². The third-order valence-electron chi connectivity index (χ3n) is 2.22. The summed E-state index contributed by atoms with van der Waals surface area (Å²) in [4.78, 5) is 0. The largest absolute Gasteiger partial charge is 0.364 e. The van der Waals surface area contributed by atoms with Gasteiger partial charge in [0.15, 0.2) is 0 Å². The molecule has 0 atom stereocenters. The number of rotatable bonds is 4. The van der Waals surface area contributed by atoms with Gasteiger partial charge >= 0.3 is 0 Å². The fourth-order valence-electron chi connectivity index (χ4n) is 1.49. The molecular formula is C12H14N2O. The van der Waals surface area contributed by atoms with E-state index in [4.69, 9.17) is 4.52 Å². The molecule has 0 aliphatic carbocycles. The molecule has 0 aliphatic rings. The summed E-state index contributed by atoms with van der Waals surface area (Å²) in [5.41, 5.74) is 3.66. The molecular weight excluding hydrogens is 188 g/mol. The monoisotopic (exact) mass is 202 g/mol. The Hall–Kier alpha value is -1.61. The molecule has 3 heteroatoms. The minimum Gasteiger partial charge on any atom is -0.364 e. The summed E-state index contributed by atoms with van der Waals surface area (Å²) < 4.78 is 4.75. The Morgan fingerprint density at radius 2 is 2.13 bits per heavy atom. The van der Waals surface area contributed by atoms with Crippen molar-refractivity contribution in [2.24, 2.45) is 0 Å². The Morgan fingerprint density at radius 3 is 2.87 bits per heavy atom. The zero-order valence-electron chi connectivity index (χ0n) is 8.73. The van der Waals surface area contributed by atoms with Gasteiger partial charge in [-0.3, -0.25) is 0 Å². The van der Waals surface area contributed by atoms with Crippen LogP contribution >= 0.6 is 0 Å². The van der Waals surface area contributed by atoms with Crippen LogP contribution in [0.3, 0.4) is 0 Å². The predicted octanol–water partition coefficient (Wildman–Crippen LogP) is 2.27. The number of nitrogens with zero attached hydrogens (tertiary/aromatic N) is 1. The van der Waals surface area contributed by atoms with Gasteiger partial charge in [0.25, 0.3) is 0 Å². The molecule has 1 aromatic heterocycles. The van der Waals surface area contributed by atoms with Crippen molar-refractivity contribution in [1.29, 1.82) is 0 Å². The van der Waals surface area contributed by atoms with Crippen molar-refractivity contribution >= 4 is 0 Å². The first-order valence-corrected chi connectivity index (χ1v) is 4.99. The molecule has 1 heterocycles. The van der Waals surface area contributed by atoms with Crippen LogP contribution in [-0.4, -0.2) is 5.16 Å². The summed E-state index contributed by atoms with van der Waals surface area (Å²) in [6.45, 7) is 3.76. The second-order valence-electron chi connectivity index (χ2n) is 3.63. The second-order valence-corrected chi connectivity index (χ2v) is 3.63. The van der Waals surface area contributed by atoms with E-state index < -0.39 is 0 Å². The van der Waals surface area contributed by atoms with Crippen LogP contribution in [0.15, 0.2) is 41.2 Å². The first-order chi connectivity index (χ1) is 7.34. The van der Waals surface area contributed by atoms with Gasteiger partial charge < -0.3 is 9.84 Å². The molecule has 1 aromatic carbocycles. The maximum absolute atomic E-state index is 4.75. The maximum Gasteiger partial charge on any atom is 0.128 e. The van der Waals surface area contributed by atoms with Gasteiger partial charge in [-0.1, -0.05) is 35.0 Å². The molecule has 0 aliphatic heterocycles. The second kappa shape index (κ2) is 4.75. The summed E-state index contributed by atoms with van der Waals surface area (Å²) >= 11 is 0. The molecule has 78 valence electrons. The third-order valence-corrected chi connectivity index (χ3v) is 2.22. The molecule has 1 N–H and O–H groups in total. The van der Waals surface area contributed by atoms with Crippen molar-refractivity contribution in [3.63, 3.8) is 0 Å². The van der Waals surface area contributed by atoms with E-state index in [1.165, 1.54) is 11.1 Å². The van der Waals surface area contributed by atoms with Crippen molar-refractivity contribution < 1.29 is 4.52 Å². The Labute approximate surface area is 89.1 Å². The van der Waals surface area contributed by atoms with Crippen molar-refractivity contribution in [1.82, 2.24) is 10.5 Å². The first kappa shape index (κ1) is 9.93. The fourth-order valence-corrected chi connectivity index (χ4v) is 1.49. The van der Waals surface area contributed by atoms with Crippen LogP contribution in [0.1, 0.15) is 16.7 Å². The molecule has 0 unspecified atom stereocenters. The lowest BCUT2D eigenvalue weighted by atomic mass is 10.1. The molecule has 2 aromatic rings. The van der Waals surface area contributed by atoms with E-state index in [0.717, 1.165) is 18.7 Å². The smallest absolute Gasteiger partial charge is 0.128 e. The van der Waals surface area contributed by atoms with Gasteiger partial charge in [-0.2, -0.15) is 0 Å². The lowest BCUT2D eigenvalue weighted by Crippen LogP contribution is -2.12. The third kappa shape index (κ3) is 2.92. The Morgan fingerprint density at radius 1 is 1.27 bits per heavy atom. The number of nitrogens with one attached hydrogen (secondary N) is 1. The summed E-state index contributed by atoms with van der Waals surface area (Å²) in [5, 5.41) is 6.98. The van der Waals surface area contributed by atoms with Gasteiger partial charge in [0.05, 0.1) is 6.20 Å². The minimum absolute atomic E-state index is 0.789. The van der Waals surface area contributed by atoms with Crippen molar-refractivity contribution in [3.8, 4) is 0 Å². The van der Waals surface area contributed by atoms with Crippen LogP contribution in [0.5, 0.6) is 0 Å². The highest BCUT2D eigenvalue weighted by molar-refractivity contribution is 5.22. The highest BCUT2D eigenvalue weighted by Gasteiger charge is 1.96. The molecule has 0 amide bonds. The van der Waals surface area contributed by atoms with Crippen LogP contribution in [0.4, 0.5) is 0 Å². The first-order valence-electron chi connectivity index (χ1n) is 4.99. The summed E-state index contributed by atoms with van der Waals surface area (Å²) in [6.07, 6.45) is 3.38. The topological polar surface area (TPSA) is 38.1 Å². The standard InChI is InChI=1S/C12H14N2O/c1-10-3-2-4-11(5-10)6-13-7-12-8-14-15-9-12/h2-5,8-9,13H,6-7H2,1H3. The Kier molecular flexibility index (Phi) is 3.15. The Balaban J connectivity index is 1.83. The molecule has 0 spiro atoms. The fraction of sp³-hybridized carbons (Fsp3) is 0.250. The minimum atomic E-state index is 0.789. The highest BCUT2D eigenvalue weighted by Crippen LogP contribution is 2.04. The number of aromatic nitrogens is 1. The molecule has 0 saturated carbocycles. The van der Waals surface area contributed by atoms with E-state index in [1.54, 1.807) is 12.5 Å². The number of hydrogen-bond donors (Lipinski definition) is 1. The normalized spacial score (nSPS) is 10.5. The SMILES string of the molecule is Cc1cccc(CNCc2cnoc2)c1. The van der Waals surface area contributed by atoms with Gasteiger partial charge in [0, 0.05) is 18.7 Å². The zero-order valence-corrected chi connectivity index (χ0v) is 8.73. The molecule has 0 bridgehead atoms. The van der Waals surface area contributed by atoms with E-state index in [1.807, 2.05) is 0 Å². The molecule has 0 fully saturated rings. The van der Waals surface area contributed by atoms with Gasteiger partial charge in [0.1, 0.15) is 6.26 Å². The van der Waals surface area contributed by atoms with Crippen molar-refractivity contribution in [2.75, 3.05) is 0 Å². The highest BCUT2D eigenvalue weighted by atomic mass is 16.5. The van der Waals surface area contributed by atoms with Crippen molar-refractivity contribution in [3.05, 3.63) is 53.4 Å². The van der Waals surface area contributed by atoms with E-state index in [-0.39, 0.29) is 0 Å². The van der Waals surface area contributed by atoms with E-state index in [9.17, 15) is 0 Å². The number of hydrogen-bond acceptors (Lipinski definition) is 3. The molecule has 3 nitrogen and oxygen atoms in total. The predicted molar refractivity (Wildman–Crippen MR) is 58.2 cm³/mol. The van der Waals surface area contributed by atoms with Gasteiger partial charge in [-0.25, -0.2) is 0 Å². The molecule has 15 heavy (non-hydrogen) atoms. The van der Waals surface area contributed by atoms with Crippen LogP contribution in [0.2, 0.25) is 0 Å². The van der Waals surface area contributed by atoms with Crippen LogP contribution in [0.25, 0.3) is 0 Å². The van der Waals surface area contributed by atoms with Gasteiger partial charge in [-0.05, 0) is 12.5 Å². The Bertz CT molecular complexity index is 409. The maximum atomic E-state index is 4.75. The molecule has 0 radical (unpaired) electrons. The molecule has 2 rings (SSSR count). The van der Waals surface area contributed by atoms with Crippen molar-refractivity contribution in [2.45, 2.75) is 20.0 Å². The van der Waals surface area contributed by atoms with Crippen LogP contribution in [0, 0.1) is 6.92 Å². The quantitative estimate of drug-likeness (QED) is 0.826. The average Bonchev–Trinajstić information content (AvgIpc) is 2.71. The summed E-state index contributed by atoms with van der Waals surface area (Å²) in [7, 11) is 0. The van der Waals surface area contributed by atoms with E-state index in [0.29, 0.717) is 0 Å². The lowest BCUT2D eigenvalue weighted by Gasteiger charge is -2.03. The zero-order chi connectivity index (χ0) is 10.5. The number of aryl methyl sites for hydroxylation is 1. The number of benzene rings is 1. The average molecular weight is 202 g/mol. The lowest BCUT2D eigenvalue weighted by molar-refractivity contribution is 0.418. The van der Waals surface area contributed by atoms with Gasteiger partial charge in [-0.15, -0.1) is 0 Å². The van der Waals surface area contributed by atoms with Crippen LogP contribution < -0.4 is 5.32 Å². The molecule has 0 saturated heterocycles. The summed E-state index contributed by atoms with van der Waals surface area (Å²) in [5.74, 6) is 0. The van der Waals surface area contributed by atoms with E-state index in [2.05, 4.69) is 41.7 Å². The van der Waals surface area contributed by atoms with E-state index >= 15 is 0 Å². The summed E-state index contributed by atoms with van der Waals surface area (Å²) in [6, 6.07) is 8.48. The van der Waals surface area contributed by atoms with Crippen LogP contribution in [-0.2, 0) is 13.1 Å².